The molecule has 1 atom stereocenters. The van der Waals surface area contributed by atoms with Gasteiger partial charge in [-0.15, -0.1) is 0 Å². The first-order valence-electron chi connectivity index (χ1n) is 9.52. The zero-order valence-electron chi connectivity index (χ0n) is 14.6. The molecule has 3 heteroatoms. The zero-order valence-corrected chi connectivity index (χ0v) is 16.2. The molecule has 0 spiro atoms. The third-order valence-electron chi connectivity index (χ3n) is 4.29. The molecule has 0 aromatic rings. The minimum Gasteiger partial charge on any atom is -0.481 e. The summed E-state index contributed by atoms with van der Waals surface area (Å²) in [4.78, 5) is 10.9. The number of unbranched alkanes of at least 4 members (excludes halogenated alkanes) is 12. The van der Waals surface area contributed by atoms with Crippen LogP contribution in [-0.2, 0) is 4.79 Å². The first-order chi connectivity index (χ1) is 10.7. The van der Waals surface area contributed by atoms with E-state index >= 15 is 0 Å². The van der Waals surface area contributed by atoms with Gasteiger partial charge in [-0.25, -0.2) is 0 Å². The lowest BCUT2D eigenvalue weighted by Gasteiger charge is -2.07. The van der Waals surface area contributed by atoms with Crippen molar-refractivity contribution in [3.8, 4) is 0 Å². The maximum atomic E-state index is 10.5. The molecule has 2 nitrogen and oxygen atoms in total. The lowest BCUT2D eigenvalue weighted by atomic mass is 10.0. The van der Waals surface area contributed by atoms with Gasteiger partial charge in [-0.05, 0) is 12.8 Å². The van der Waals surface area contributed by atoms with Crippen molar-refractivity contribution in [1.29, 1.82) is 0 Å². The smallest absolute Gasteiger partial charge is 0.303 e. The number of alkyl halides is 1. The van der Waals surface area contributed by atoms with Gasteiger partial charge in [0.15, 0.2) is 0 Å². The van der Waals surface area contributed by atoms with E-state index in [0.29, 0.717) is 4.83 Å². The quantitative estimate of drug-likeness (QED) is 0.217. The summed E-state index contributed by atoms with van der Waals surface area (Å²) in [6.45, 7) is 2.27. The van der Waals surface area contributed by atoms with Crippen molar-refractivity contribution in [2.75, 3.05) is 0 Å². The molecule has 132 valence electrons. The van der Waals surface area contributed by atoms with Crippen LogP contribution in [0, 0.1) is 0 Å². The number of rotatable bonds is 17. The van der Waals surface area contributed by atoms with Gasteiger partial charge in [0.05, 0.1) is 0 Å². The van der Waals surface area contributed by atoms with Crippen LogP contribution in [0.1, 0.15) is 110 Å². The Morgan fingerprint density at radius 3 is 1.59 bits per heavy atom. The number of carboxylic acid groups (broad SMARTS) is 1. The predicted molar refractivity (Wildman–Crippen MR) is 99.9 cm³/mol. The molecule has 22 heavy (non-hydrogen) atoms. The molecule has 0 heterocycles. The van der Waals surface area contributed by atoms with Gasteiger partial charge in [0, 0.05) is 11.2 Å². The van der Waals surface area contributed by atoms with E-state index in [2.05, 4.69) is 22.9 Å². The summed E-state index contributed by atoms with van der Waals surface area (Å²) < 4.78 is 0. The number of hydrogen-bond acceptors (Lipinski definition) is 1. The van der Waals surface area contributed by atoms with Gasteiger partial charge in [0.2, 0.25) is 0 Å². The van der Waals surface area contributed by atoms with Crippen LogP contribution in [0.15, 0.2) is 0 Å². The van der Waals surface area contributed by atoms with Crippen molar-refractivity contribution in [3.63, 3.8) is 0 Å². The fourth-order valence-corrected chi connectivity index (χ4v) is 3.36. The van der Waals surface area contributed by atoms with Gasteiger partial charge < -0.3 is 5.11 Å². The molecule has 0 aliphatic heterocycles. The van der Waals surface area contributed by atoms with Crippen LogP contribution in [0.3, 0.4) is 0 Å². The molecule has 0 aromatic carbocycles. The highest BCUT2D eigenvalue weighted by Gasteiger charge is 2.06. The average Bonchev–Trinajstić information content (AvgIpc) is 2.49. The topological polar surface area (TPSA) is 37.3 Å². The van der Waals surface area contributed by atoms with E-state index in [1.165, 1.54) is 83.5 Å². The van der Waals surface area contributed by atoms with E-state index < -0.39 is 5.97 Å². The van der Waals surface area contributed by atoms with Crippen LogP contribution in [0.25, 0.3) is 0 Å². The van der Waals surface area contributed by atoms with Gasteiger partial charge in [0.1, 0.15) is 0 Å². The van der Waals surface area contributed by atoms with Crippen LogP contribution in [0.5, 0.6) is 0 Å². The van der Waals surface area contributed by atoms with Crippen LogP contribution in [0.2, 0.25) is 0 Å². The summed E-state index contributed by atoms with van der Waals surface area (Å²) in [6.07, 6.45) is 20.1. The van der Waals surface area contributed by atoms with E-state index in [-0.39, 0.29) is 6.42 Å². The van der Waals surface area contributed by atoms with Crippen LogP contribution in [-0.4, -0.2) is 15.9 Å². The third-order valence-corrected chi connectivity index (χ3v) is 5.21. The highest BCUT2D eigenvalue weighted by atomic mass is 79.9. The molecule has 0 radical (unpaired) electrons. The number of carbonyl (C=O) groups is 1. The Morgan fingerprint density at radius 1 is 0.773 bits per heavy atom. The maximum Gasteiger partial charge on any atom is 0.303 e. The highest BCUT2D eigenvalue weighted by molar-refractivity contribution is 9.09. The van der Waals surface area contributed by atoms with E-state index in [1.807, 2.05) is 0 Å². The number of halogens is 1. The molecular formula is C19H37BrO2. The summed E-state index contributed by atoms with van der Waals surface area (Å²) in [5.74, 6) is -0.685. The zero-order chi connectivity index (χ0) is 16.5. The van der Waals surface area contributed by atoms with Crippen LogP contribution < -0.4 is 0 Å². The number of hydrogen-bond donors (Lipinski definition) is 1. The lowest BCUT2D eigenvalue weighted by Crippen LogP contribution is -2.03. The van der Waals surface area contributed by atoms with Crippen molar-refractivity contribution < 1.29 is 9.90 Å². The first kappa shape index (κ1) is 21.9. The molecule has 0 amide bonds. The molecule has 1 N–H and O–H groups in total. The van der Waals surface area contributed by atoms with Gasteiger partial charge in [0.25, 0.3) is 0 Å². The second-order valence-electron chi connectivity index (χ2n) is 6.56. The lowest BCUT2D eigenvalue weighted by molar-refractivity contribution is -0.137. The molecule has 1 unspecified atom stereocenters. The third kappa shape index (κ3) is 18.0. The molecule has 0 saturated heterocycles. The summed E-state index contributed by atoms with van der Waals surface area (Å²) in [7, 11) is 0. The van der Waals surface area contributed by atoms with Gasteiger partial charge in [-0.1, -0.05) is 106 Å². The molecule has 0 saturated carbocycles. The number of aliphatic carboxylic acids is 1. The van der Waals surface area contributed by atoms with Crippen molar-refractivity contribution >= 4 is 21.9 Å². The summed E-state index contributed by atoms with van der Waals surface area (Å²) in [5, 5.41) is 8.63. The molecule has 0 rings (SSSR count). The summed E-state index contributed by atoms with van der Waals surface area (Å²) in [5.41, 5.74) is 0. The first-order valence-corrected chi connectivity index (χ1v) is 10.4. The Balaban J connectivity index is 3.09. The Morgan fingerprint density at radius 2 is 1.18 bits per heavy atom. The SMILES string of the molecule is CCCCCCCCCCCCCCCC(Br)CCC(=O)O. The Hall–Kier alpha value is -0.0500. The number of carboxylic acids is 1. The van der Waals surface area contributed by atoms with Gasteiger partial charge in [-0.2, -0.15) is 0 Å². The maximum absolute atomic E-state index is 10.5. The molecule has 0 aromatic heterocycles. The average molecular weight is 377 g/mol. The largest absolute Gasteiger partial charge is 0.481 e. The monoisotopic (exact) mass is 376 g/mol. The van der Waals surface area contributed by atoms with Crippen molar-refractivity contribution in [2.45, 2.75) is 114 Å². The Bertz CT molecular complexity index is 244. The second kappa shape index (κ2) is 17.3. The summed E-state index contributed by atoms with van der Waals surface area (Å²) >= 11 is 3.58. The molecule has 0 fully saturated rings. The standard InChI is InChI=1S/C19H37BrO2/c1-2-3-4-5-6-7-8-9-10-11-12-13-14-15-18(20)16-17-19(21)22/h18H,2-17H2,1H3,(H,21,22). The van der Waals surface area contributed by atoms with Crippen molar-refractivity contribution in [3.05, 3.63) is 0 Å². The van der Waals surface area contributed by atoms with E-state index in [1.54, 1.807) is 0 Å². The normalized spacial score (nSPS) is 12.5. The fraction of sp³-hybridized carbons (Fsp3) is 0.947. The highest BCUT2D eigenvalue weighted by Crippen LogP contribution is 2.18. The second-order valence-corrected chi connectivity index (χ2v) is 7.86. The minimum atomic E-state index is -0.685. The molecule has 0 aliphatic carbocycles. The van der Waals surface area contributed by atoms with Crippen molar-refractivity contribution in [2.24, 2.45) is 0 Å². The molecule has 0 aliphatic rings. The van der Waals surface area contributed by atoms with E-state index in [9.17, 15) is 4.79 Å². The van der Waals surface area contributed by atoms with Crippen molar-refractivity contribution in [1.82, 2.24) is 0 Å². The van der Waals surface area contributed by atoms with Crippen LogP contribution in [0.4, 0.5) is 0 Å². The van der Waals surface area contributed by atoms with E-state index in [4.69, 9.17) is 5.11 Å². The van der Waals surface area contributed by atoms with Gasteiger partial charge in [-0.3, -0.25) is 4.79 Å². The van der Waals surface area contributed by atoms with Gasteiger partial charge >= 0.3 is 5.97 Å². The minimum absolute atomic E-state index is 0.286. The van der Waals surface area contributed by atoms with Crippen LogP contribution >= 0.6 is 15.9 Å². The Kier molecular flexibility index (Phi) is 17.3. The Labute approximate surface area is 146 Å². The fourth-order valence-electron chi connectivity index (χ4n) is 2.81. The molecular weight excluding hydrogens is 340 g/mol. The van der Waals surface area contributed by atoms with E-state index in [0.717, 1.165) is 12.8 Å². The predicted octanol–water partition coefficient (Wildman–Crippen LogP) is 7.10. The summed E-state index contributed by atoms with van der Waals surface area (Å²) in [6, 6.07) is 0. The molecule has 0 bridgehead atoms.